The number of carbonyl (C=O) groups is 1. The van der Waals surface area contributed by atoms with Crippen LogP contribution in [0.25, 0.3) is 0 Å². The van der Waals surface area contributed by atoms with Gasteiger partial charge in [-0.3, -0.25) is 0 Å². The first-order valence-electron chi connectivity index (χ1n) is 6.92. The molecule has 0 aromatic heterocycles. The minimum atomic E-state index is -0.488. The lowest BCUT2D eigenvalue weighted by atomic mass is 9.83. The molecular weight excluding hydrogens is 230 g/mol. The minimum absolute atomic E-state index is 0.0143. The Morgan fingerprint density at radius 2 is 1.89 bits per heavy atom. The van der Waals surface area contributed by atoms with Crippen LogP contribution in [0, 0.1) is 5.92 Å². The summed E-state index contributed by atoms with van der Waals surface area (Å²) < 4.78 is 5.35. The molecule has 1 aliphatic rings. The first kappa shape index (κ1) is 15.3. The van der Waals surface area contributed by atoms with Crippen molar-refractivity contribution in [3.63, 3.8) is 0 Å². The number of hydrogen-bond acceptors (Lipinski definition) is 3. The molecule has 0 aliphatic heterocycles. The van der Waals surface area contributed by atoms with E-state index < -0.39 is 5.60 Å². The van der Waals surface area contributed by atoms with E-state index in [1.165, 1.54) is 19.3 Å². The van der Waals surface area contributed by atoms with Gasteiger partial charge in [0.15, 0.2) is 0 Å². The molecule has 0 aromatic carbocycles. The van der Waals surface area contributed by atoms with Crippen LogP contribution in [0.3, 0.4) is 0 Å². The average molecular weight is 257 g/mol. The molecule has 1 atom stereocenters. The highest BCUT2D eigenvalue weighted by Gasteiger charge is 2.31. The zero-order valence-corrected chi connectivity index (χ0v) is 12.1. The Labute approximate surface area is 110 Å². The van der Waals surface area contributed by atoms with E-state index in [0.29, 0.717) is 5.92 Å². The van der Waals surface area contributed by atoms with Crippen molar-refractivity contribution in [1.82, 2.24) is 4.90 Å². The van der Waals surface area contributed by atoms with Crippen LogP contribution in [0.5, 0.6) is 0 Å². The fraction of sp³-hybridized carbons (Fsp3) is 0.929. The molecule has 0 saturated heterocycles. The highest BCUT2D eigenvalue weighted by atomic mass is 16.6. The SMILES string of the molecule is CN(C(=O)OC(C)(C)C)C(CO)C1CCCCC1. The van der Waals surface area contributed by atoms with Gasteiger partial charge in [0.1, 0.15) is 5.60 Å². The molecule has 1 saturated carbocycles. The van der Waals surface area contributed by atoms with Crippen LogP contribution in [0.4, 0.5) is 4.79 Å². The second-order valence-corrected chi connectivity index (χ2v) is 6.24. The molecule has 0 radical (unpaired) electrons. The van der Waals surface area contributed by atoms with E-state index >= 15 is 0 Å². The summed E-state index contributed by atoms with van der Waals surface area (Å²) in [6, 6.07) is -0.111. The molecule has 1 amide bonds. The third-order valence-electron chi connectivity index (χ3n) is 3.56. The van der Waals surface area contributed by atoms with E-state index in [9.17, 15) is 9.90 Å². The van der Waals surface area contributed by atoms with Crippen molar-refractivity contribution >= 4 is 6.09 Å². The Hall–Kier alpha value is -0.770. The van der Waals surface area contributed by atoms with Crippen molar-refractivity contribution in [2.24, 2.45) is 5.92 Å². The highest BCUT2D eigenvalue weighted by molar-refractivity contribution is 5.68. The van der Waals surface area contributed by atoms with Gasteiger partial charge in [0, 0.05) is 7.05 Å². The Morgan fingerprint density at radius 3 is 2.33 bits per heavy atom. The molecule has 1 rings (SSSR count). The fourth-order valence-corrected chi connectivity index (χ4v) is 2.58. The van der Waals surface area contributed by atoms with Crippen molar-refractivity contribution in [3.8, 4) is 0 Å². The van der Waals surface area contributed by atoms with Crippen LogP contribution in [-0.2, 0) is 4.74 Å². The van der Waals surface area contributed by atoms with E-state index in [4.69, 9.17) is 4.74 Å². The van der Waals surface area contributed by atoms with Crippen LogP contribution in [0.15, 0.2) is 0 Å². The summed E-state index contributed by atoms with van der Waals surface area (Å²) in [5.74, 6) is 0.404. The van der Waals surface area contributed by atoms with Gasteiger partial charge in [-0.25, -0.2) is 4.79 Å². The molecular formula is C14H27NO3. The van der Waals surface area contributed by atoms with E-state index in [1.807, 2.05) is 20.8 Å². The van der Waals surface area contributed by atoms with Gasteiger partial charge in [0.2, 0.25) is 0 Å². The number of carbonyl (C=O) groups excluding carboxylic acids is 1. The zero-order chi connectivity index (χ0) is 13.8. The van der Waals surface area contributed by atoms with Crippen molar-refractivity contribution in [2.75, 3.05) is 13.7 Å². The molecule has 18 heavy (non-hydrogen) atoms. The van der Waals surface area contributed by atoms with Gasteiger partial charge in [0.05, 0.1) is 12.6 Å². The lowest BCUT2D eigenvalue weighted by Crippen LogP contribution is -2.46. The molecule has 0 aromatic rings. The van der Waals surface area contributed by atoms with Crippen molar-refractivity contribution < 1.29 is 14.6 Å². The standard InChI is InChI=1S/C14H27NO3/c1-14(2,3)18-13(17)15(4)12(10-16)11-8-6-5-7-9-11/h11-12,16H,5-10H2,1-4H3. The molecule has 0 spiro atoms. The van der Waals surface area contributed by atoms with Crippen LogP contribution < -0.4 is 0 Å². The molecule has 4 nitrogen and oxygen atoms in total. The van der Waals surface area contributed by atoms with Gasteiger partial charge >= 0.3 is 6.09 Å². The van der Waals surface area contributed by atoms with Crippen LogP contribution in [0.2, 0.25) is 0 Å². The summed E-state index contributed by atoms with van der Waals surface area (Å²) in [6.07, 6.45) is 5.51. The third kappa shape index (κ3) is 4.48. The number of amides is 1. The average Bonchev–Trinajstić information content (AvgIpc) is 2.29. The van der Waals surface area contributed by atoms with Crippen LogP contribution in [0.1, 0.15) is 52.9 Å². The van der Waals surface area contributed by atoms with E-state index in [-0.39, 0.29) is 18.7 Å². The maximum Gasteiger partial charge on any atom is 0.410 e. The summed E-state index contributed by atoms with van der Waals surface area (Å²) in [5, 5.41) is 9.55. The normalized spacial score (nSPS) is 19.4. The summed E-state index contributed by atoms with van der Waals surface area (Å²) in [5.41, 5.74) is -0.488. The van der Waals surface area contributed by atoms with Crippen LogP contribution in [-0.4, -0.2) is 41.4 Å². The summed E-state index contributed by atoms with van der Waals surface area (Å²) >= 11 is 0. The first-order valence-corrected chi connectivity index (χ1v) is 6.92. The first-order chi connectivity index (χ1) is 8.35. The van der Waals surface area contributed by atoms with E-state index in [0.717, 1.165) is 12.8 Å². The lowest BCUT2D eigenvalue weighted by Gasteiger charge is -2.36. The molecule has 4 heteroatoms. The number of ether oxygens (including phenoxy) is 1. The molecule has 0 bridgehead atoms. The Balaban J connectivity index is 2.60. The van der Waals surface area contributed by atoms with Gasteiger partial charge in [-0.05, 0) is 39.5 Å². The van der Waals surface area contributed by atoms with Gasteiger partial charge < -0.3 is 14.7 Å². The van der Waals surface area contributed by atoms with Gasteiger partial charge in [0.25, 0.3) is 0 Å². The minimum Gasteiger partial charge on any atom is -0.444 e. The Bertz CT molecular complexity index is 267. The number of rotatable bonds is 3. The number of aliphatic hydroxyl groups excluding tert-OH is 1. The highest BCUT2D eigenvalue weighted by Crippen LogP contribution is 2.29. The topological polar surface area (TPSA) is 49.8 Å². The molecule has 106 valence electrons. The molecule has 1 unspecified atom stereocenters. The molecule has 1 N–H and O–H groups in total. The molecule has 0 heterocycles. The monoisotopic (exact) mass is 257 g/mol. The quantitative estimate of drug-likeness (QED) is 0.845. The van der Waals surface area contributed by atoms with Gasteiger partial charge in [-0.2, -0.15) is 0 Å². The summed E-state index contributed by atoms with van der Waals surface area (Å²) in [4.78, 5) is 13.6. The fourth-order valence-electron chi connectivity index (χ4n) is 2.58. The summed E-state index contributed by atoms with van der Waals surface area (Å²) in [6.45, 7) is 5.58. The second kappa shape index (κ2) is 6.41. The predicted molar refractivity (Wildman–Crippen MR) is 71.4 cm³/mol. The second-order valence-electron chi connectivity index (χ2n) is 6.24. The number of nitrogens with zero attached hydrogens (tertiary/aromatic N) is 1. The van der Waals surface area contributed by atoms with Crippen molar-refractivity contribution in [2.45, 2.75) is 64.5 Å². The van der Waals surface area contributed by atoms with Crippen molar-refractivity contribution in [3.05, 3.63) is 0 Å². The molecule has 1 aliphatic carbocycles. The maximum atomic E-state index is 12.0. The largest absolute Gasteiger partial charge is 0.444 e. The van der Waals surface area contributed by atoms with Crippen molar-refractivity contribution in [1.29, 1.82) is 0 Å². The zero-order valence-electron chi connectivity index (χ0n) is 12.1. The Kier molecular flexibility index (Phi) is 5.45. The summed E-state index contributed by atoms with van der Waals surface area (Å²) in [7, 11) is 1.73. The number of aliphatic hydroxyl groups is 1. The van der Waals surface area contributed by atoms with Gasteiger partial charge in [-0.15, -0.1) is 0 Å². The predicted octanol–water partition coefficient (Wildman–Crippen LogP) is 2.79. The van der Waals surface area contributed by atoms with Crippen LogP contribution >= 0.6 is 0 Å². The maximum absolute atomic E-state index is 12.0. The number of likely N-dealkylation sites (N-methyl/N-ethyl adjacent to an activating group) is 1. The van der Waals surface area contributed by atoms with E-state index in [1.54, 1.807) is 11.9 Å². The van der Waals surface area contributed by atoms with Gasteiger partial charge in [-0.1, -0.05) is 19.3 Å². The lowest BCUT2D eigenvalue weighted by molar-refractivity contribution is 0.00474. The van der Waals surface area contributed by atoms with E-state index in [2.05, 4.69) is 0 Å². The number of hydrogen-bond donors (Lipinski definition) is 1. The molecule has 1 fully saturated rings. The third-order valence-corrected chi connectivity index (χ3v) is 3.56. The Morgan fingerprint density at radius 1 is 1.33 bits per heavy atom. The smallest absolute Gasteiger partial charge is 0.410 e.